The Hall–Kier alpha value is -1.88. The van der Waals surface area contributed by atoms with Gasteiger partial charge in [0.25, 0.3) is 0 Å². The first kappa shape index (κ1) is 15.0. The average Bonchev–Trinajstić information content (AvgIpc) is 3.28. The van der Waals surface area contributed by atoms with Crippen LogP contribution in [0.1, 0.15) is 23.5 Å². The summed E-state index contributed by atoms with van der Waals surface area (Å²) in [7, 11) is 0. The van der Waals surface area contributed by atoms with Crippen molar-refractivity contribution in [2.45, 2.75) is 25.0 Å². The monoisotopic (exact) mass is 363 g/mol. The summed E-state index contributed by atoms with van der Waals surface area (Å²) in [5, 5.41) is 2.81. The maximum absolute atomic E-state index is 13.5. The fourth-order valence-corrected chi connectivity index (χ4v) is 2.63. The van der Waals surface area contributed by atoms with Crippen molar-refractivity contribution >= 4 is 22.0 Å². The third kappa shape index (κ3) is 3.65. The summed E-state index contributed by atoms with van der Waals surface area (Å²) in [6.45, 7) is 0.247. The van der Waals surface area contributed by atoms with Gasteiger partial charge in [0.15, 0.2) is 0 Å². The molecule has 2 aromatic rings. The summed E-state index contributed by atoms with van der Waals surface area (Å²) >= 11 is 3.13. The number of ether oxygens (including phenoxy) is 1. The van der Waals surface area contributed by atoms with E-state index in [1.165, 1.54) is 6.07 Å². The van der Waals surface area contributed by atoms with Gasteiger partial charge in [-0.15, -0.1) is 0 Å². The van der Waals surface area contributed by atoms with Gasteiger partial charge < -0.3 is 10.1 Å². The molecule has 0 unspecified atom stereocenters. The number of carbonyl (C=O) groups is 1. The van der Waals surface area contributed by atoms with Crippen LogP contribution in [0.15, 0.2) is 53.0 Å². The number of benzene rings is 2. The largest absolute Gasteiger partial charge is 0.445 e. The predicted molar refractivity (Wildman–Crippen MR) is 85.0 cm³/mol. The van der Waals surface area contributed by atoms with E-state index >= 15 is 0 Å². The van der Waals surface area contributed by atoms with Crippen molar-refractivity contribution < 1.29 is 13.9 Å². The minimum atomic E-state index is -0.436. The number of rotatable bonds is 4. The first-order chi connectivity index (χ1) is 10.6. The van der Waals surface area contributed by atoms with E-state index in [-0.39, 0.29) is 24.4 Å². The number of alkyl carbamates (subject to hydrolysis) is 1. The standard InChI is InChI=1S/C17H15BrFNO2/c18-14-7-6-12(8-15(14)19)13-9-16(13)20-17(21)22-10-11-4-2-1-3-5-11/h1-8,13,16H,9-10H2,(H,20,21)/t13-,16+/m0/s1. The molecule has 22 heavy (non-hydrogen) atoms. The van der Waals surface area contributed by atoms with Crippen LogP contribution in [0.3, 0.4) is 0 Å². The van der Waals surface area contributed by atoms with Gasteiger partial charge in [0, 0.05) is 12.0 Å². The highest BCUT2D eigenvalue weighted by Crippen LogP contribution is 2.41. The number of hydrogen-bond donors (Lipinski definition) is 1. The van der Waals surface area contributed by atoms with Crippen molar-refractivity contribution in [3.63, 3.8) is 0 Å². The van der Waals surface area contributed by atoms with Crippen molar-refractivity contribution in [3.05, 3.63) is 69.9 Å². The smallest absolute Gasteiger partial charge is 0.407 e. The van der Waals surface area contributed by atoms with Crippen LogP contribution in [0.2, 0.25) is 0 Å². The van der Waals surface area contributed by atoms with E-state index in [4.69, 9.17) is 4.74 Å². The SMILES string of the molecule is O=C(N[C@@H]1C[C@H]1c1ccc(Br)c(F)c1)OCc1ccccc1. The third-order valence-corrected chi connectivity index (χ3v) is 4.32. The Morgan fingerprint density at radius 1 is 1.27 bits per heavy atom. The molecule has 1 fully saturated rings. The van der Waals surface area contributed by atoms with E-state index in [2.05, 4.69) is 21.2 Å². The number of halogens is 2. The van der Waals surface area contributed by atoms with Crippen molar-refractivity contribution in [3.8, 4) is 0 Å². The van der Waals surface area contributed by atoms with Crippen molar-refractivity contribution in [2.24, 2.45) is 0 Å². The van der Waals surface area contributed by atoms with Gasteiger partial charge in [-0.2, -0.15) is 0 Å². The van der Waals surface area contributed by atoms with E-state index in [1.54, 1.807) is 6.07 Å². The van der Waals surface area contributed by atoms with Gasteiger partial charge in [0.1, 0.15) is 12.4 Å². The molecule has 0 spiro atoms. The normalized spacial score (nSPS) is 19.5. The van der Waals surface area contributed by atoms with E-state index in [9.17, 15) is 9.18 Å². The molecule has 1 N–H and O–H groups in total. The minimum absolute atomic E-state index is 0.0175. The predicted octanol–water partition coefficient (Wildman–Crippen LogP) is 4.37. The number of carbonyl (C=O) groups excluding carboxylic acids is 1. The first-order valence-corrected chi connectivity index (χ1v) is 7.85. The summed E-state index contributed by atoms with van der Waals surface area (Å²) < 4.78 is 19.1. The molecule has 0 heterocycles. The molecule has 0 aliphatic heterocycles. The van der Waals surface area contributed by atoms with E-state index in [1.807, 2.05) is 36.4 Å². The molecule has 0 aromatic heterocycles. The molecule has 2 atom stereocenters. The zero-order valence-electron chi connectivity index (χ0n) is 11.8. The maximum Gasteiger partial charge on any atom is 0.407 e. The maximum atomic E-state index is 13.5. The minimum Gasteiger partial charge on any atom is -0.445 e. The van der Waals surface area contributed by atoms with Gasteiger partial charge in [-0.25, -0.2) is 9.18 Å². The molecule has 1 aliphatic rings. The second-order valence-corrected chi connectivity index (χ2v) is 6.18. The molecule has 3 nitrogen and oxygen atoms in total. The van der Waals surface area contributed by atoms with Crippen LogP contribution in [-0.4, -0.2) is 12.1 Å². The molecule has 5 heteroatoms. The van der Waals surface area contributed by atoms with E-state index in [0.29, 0.717) is 4.47 Å². The van der Waals surface area contributed by atoms with Gasteiger partial charge in [-0.05, 0) is 45.6 Å². The van der Waals surface area contributed by atoms with Gasteiger partial charge >= 0.3 is 6.09 Å². The van der Waals surface area contributed by atoms with Crippen LogP contribution >= 0.6 is 15.9 Å². The molecule has 1 aliphatic carbocycles. The summed E-state index contributed by atoms with van der Waals surface area (Å²) in [5.74, 6) is -0.123. The lowest BCUT2D eigenvalue weighted by molar-refractivity contribution is 0.139. The van der Waals surface area contributed by atoms with E-state index < -0.39 is 6.09 Å². The molecular weight excluding hydrogens is 349 g/mol. The highest BCUT2D eigenvalue weighted by atomic mass is 79.9. The number of nitrogens with one attached hydrogen (secondary N) is 1. The second-order valence-electron chi connectivity index (χ2n) is 5.33. The quantitative estimate of drug-likeness (QED) is 0.875. The highest BCUT2D eigenvalue weighted by Gasteiger charge is 2.40. The Bertz CT molecular complexity index is 678. The van der Waals surface area contributed by atoms with Crippen LogP contribution in [0, 0.1) is 5.82 Å². The zero-order chi connectivity index (χ0) is 15.5. The lowest BCUT2D eigenvalue weighted by Crippen LogP contribution is -2.27. The summed E-state index contributed by atoms with van der Waals surface area (Å²) in [5.41, 5.74) is 1.84. The second kappa shape index (κ2) is 6.48. The zero-order valence-corrected chi connectivity index (χ0v) is 13.3. The van der Waals surface area contributed by atoms with Crippen LogP contribution in [0.5, 0.6) is 0 Å². The highest BCUT2D eigenvalue weighted by molar-refractivity contribution is 9.10. The van der Waals surface area contributed by atoms with Crippen LogP contribution < -0.4 is 5.32 Å². The third-order valence-electron chi connectivity index (χ3n) is 3.68. The van der Waals surface area contributed by atoms with Crippen molar-refractivity contribution in [2.75, 3.05) is 0 Å². The molecule has 0 saturated heterocycles. The fourth-order valence-electron chi connectivity index (χ4n) is 2.38. The molecule has 0 bridgehead atoms. The van der Waals surface area contributed by atoms with Crippen LogP contribution in [0.25, 0.3) is 0 Å². The van der Waals surface area contributed by atoms with Crippen LogP contribution in [0.4, 0.5) is 9.18 Å². The molecule has 2 aromatic carbocycles. The topological polar surface area (TPSA) is 38.3 Å². The summed E-state index contributed by atoms with van der Waals surface area (Å²) in [4.78, 5) is 11.7. The van der Waals surface area contributed by atoms with Gasteiger partial charge in [0.2, 0.25) is 0 Å². The summed E-state index contributed by atoms with van der Waals surface area (Å²) in [6, 6.07) is 14.6. The molecule has 1 saturated carbocycles. The Labute approximate surface area is 136 Å². The Balaban J connectivity index is 1.48. The molecular formula is C17H15BrFNO2. The molecule has 3 rings (SSSR count). The Morgan fingerprint density at radius 2 is 2.05 bits per heavy atom. The summed E-state index contributed by atoms with van der Waals surface area (Å²) in [6.07, 6.45) is 0.371. The first-order valence-electron chi connectivity index (χ1n) is 7.05. The van der Waals surface area contributed by atoms with E-state index in [0.717, 1.165) is 17.5 Å². The van der Waals surface area contributed by atoms with Gasteiger partial charge in [0.05, 0.1) is 4.47 Å². The Kier molecular flexibility index (Phi) is 4.43. The fraction of sp³-hybridized carbons (Fsp3) is 0.235. The number of hydrogen-bond acceptors (Lipinski definition) is 2. The Morgan fingerprint density at radius 3 is 2.77 bits per heavy atom. The lowest BCUT2D eigenvalue weighted by atomic mass is 10.1. The average molecular weight is 364 g/mol. The van der Waals surface area contributed by atoms with Crippen molar-refractivity contribution in [1.82, 2.24) is 5.32 Å². The van der Waals surface area contributed by atoms with Gasteiger partial charge in [-0.3, -0.25) is 0 Å². The molecule has 0 radical (unpaired) electrons. The van der Waals surface area contributed by atoms with Crippen molar-refractivity contribution in [1.29, 1.82) is 0 Å². The molecule has 1 amide bonds. The lowest BCUT2D eigenvalue weighted by Gasteiger charge is -2.07. The van der Waals surface area contributed by atoms with Crippen LogP contribution in [-0.2, 0) is 11.3 Å². The molecule has 114 valence electrons. The van der Waals surface area contributed by atoms with Gasteiger partial charge in [-0.1, -0.05) is 36.4 Å². The number of amides is 1.